The van der Waals surface area contributed by atoms with Crippen molar-refractivity contribution in [1.82, 2.24) is 0 Å². The lowest BCUT2D eigenvalue weighted by Gasteiger charge is -2.50. The standard InChI is InChI=1S/C56H37N/c1-3-20-38(21-4-1)40-24-11-18-36-52(40)57(39-22-5-2-6-23-39)53-37-19-35-51-54(53)56(47-31-14-9-27-43(47)44-28-10-15-32-48(44)56)50-34-17-16-33-49(50)55(51)45-29-12-7-25-41(45)42-26-8-13-30-46(42)55/h1-37H. The molecule has 0 aliphatic heterocycles. The molecule has 57 heavy (non-hydrogen) atoms. The van der Waals surface area contributed by atoms with Crippen LogP contribution in [0, 0.1) is 0 Å². The SMILES string of the molecule is c1ccc(-c2ccccc2N(c2ccccc2)c2cccc3c2C2(c4ccccc4-c4ccccc42)c2ccccc2C32c3ccccc3-c3ccccc32)cc1. The summed E-state index contributed by atoms with van der Waals surface area (Å²) in [5.41, 5.74) is 20.4. The average Bonchev–Trinajstić information content (AvgIpc) is 3.75. The lowest BCUT2D eigenvalue weighted by atomic mass is 9.52. The number of nitrogens with zero attached hydrogens (tertiary/aromatic N) is 1. The molecule has 3 aliphatic carbocycles. The van der Waals surface area contributed by atoms with E-state index >= 15 is 0 Å². The molecule has 12 rings (SSSR count). The summed E-state index contributed by atoms with van der Waals surface area (Å²) in [7, 11) is 0. The van der Waals surface area contributed by atoms with Gasteiger partial charge in [-0.1, -0.05) is 200 Å². The van der Waals surface area contributed by atoms with E-state index in [0.29, 0.717) is 0 Å². The third-order valence-corrected chi connectivity index (χ3v) is 12.9. The molecule has 3 aliphatic rings. The van der Waals surface area contributed by atoms with Crippen LogP contribution in [0.25, 0.3) is 33.4 Å². The van der Waals surface area contributed by atoms with Crippen molar-refractivity contribution in [2.75, 3.05) is 4.90 Å². The molecule has 0 heterocycles. The van der Waals surface area contributed by atoms with E-state index in [1.54, 1.807) is 0 Å². The summed E-state index contributed by atoms with van der Waals surface area (Å²) in [6.45, 7) is 0. The zero-order valence-electron chi connectivity index (χ0n) is 31.3. The van der Waals surface area contributed by atoms with Gasteiger partial charge in [-0.15, -0.1) is 0 Å². The second kappa shape index (κ2) is 12.1. The minimum atomic E-state index is -0.623. The van der Waals surface area contributed by atoms with Gasteiger partial charge in [0.15, 0.2) is 0 Å². The minimum Gasteiger partial charge on any atom is -0.310 e. The largest absolute Gasteiger partial charge is 0.310 e. The second-order valence-corrected chi connectivity index (χ2v) is 15.5. The third kappa shape index (κ3) is 4.13. The first-order chi connectivity index (χ1) is 28.3. The Kier molecular flexibility index (Phi) is 6.83. The van der Waals surface area contributed by atoms with Crippen molar-refractivity contribution in [3.63, 3.8) is 0 Å². The van der Waals surface area contributed by atoms with Gasteiger partial charge in [-0.2, -0.15) is 0 Å². The Morgan fingerprint density at radius 2 is 0.614 bits per heavy atom. The molecule has 0 saturated heterocycles. The fourth-order valence-corrected chi connectivity index (χ4v) is 11.0. The van der Waals surface area contributed by atoms with Crippen molar-refractivity contribution in [2.24, 2.45) is 0 Å². The van der Waals surface area contributed by atoms with Crippen molar-refractivity contribution in [2.45, 2.75) is 10.8 Å². The molecule has 0 fully saturated rings. The predicted molar refractivity (Wildman–Crippen MR) is 235 cm³/mol. The maximum atomic E-state index is 2.54. The summed E-state index contributed by atoms with van der Waals surface area (Å²) >= 11 is 0. The lowest BCUT2D eigenvalue weighted by molar-refractivity contribution is 0.633. The Morgan fingerprint density at radius 3 is 1.16 bits per heavy atom. The van der Waals surface area contributed by atoms with E-state index in [9.17, 15) is 0 Å². The van der Waals surface area contributed by atoms with Crippen molar-refractivity contribution >= 4 is 17.1 Å². The van der Waals surface area contributed by atoms with Gasteiger partial charge in [0, 0.05) is 16.8 Å². The highest BCUT2D eigenvalue weighted by molar-refractivity contribution is 5.98. The molecule has 0 aromatic heterocycles. The van der Waals surface area contributed by atoms with Gasteiger partial charge in [-0.05, 0) is 91.0 Å². The van der Waals surface area contributed by atoms with Gasteiger partial charge in [0.25, 0.3) is 0 Å². The molecule has 0 saturated carbocycles. The normalized spacial score (nSPS) is 14.2. The molecule has 0 amide bonds. The summed E-state index contributed by atoms with van der Waals surface area (Å²) in [4.78, 5) is 2.54. The third-order valence-electron chi connectivity index (χ3n) is 12.9. The van der Waals surface area contributed by atoms with Crippen LogP contribution in [0.4, 0.5) is 17.1 Å². The minimum absolute atomic E-state index is 0.561. The number of hydrogen-bond donors (Lipinski definition) is 0. The highest BCUT2D eigenvalue weighted by Crippen LogP contribution is 2.69. The van der Waals surface area contributed by atoms with Crippen LogP contribution >= 0.6 is 0 Å². The van der Waals surface area contributed by atoms with Gasteiger partial charge in [0.1, 0.15) is 0 Å². The summed E-state index contributed by atoms with van der Waals surface area (Å²) in [5, 5.41) is 0. The molecule has 1 nitrogen and oxygen atoms in total. The first-order valence-corrected chi connectivity index (χ1v) is 20.0. The molecular weight excluding hydrogens is 687 g/mol. The van der Waals surface area contributed by atoms with Gasteiger partial charge in [-0.25, -0.2) is 0 Å². The molecule has 2 spiro atoms. The molecule has 9 aromatic rings. The van der Waals surface area contributed by atoms with Crippen LogP contribution in [0.15, 0.2) is 224 Å². The zero-order chi connectivity index (χ0) is 37.6. The first kappa shape index (κ1) is 32.1. The summed E-state index contributed by atoms with van der Waals surface area (Å²) in [5.74, 6) is 0. The monoisotopic (exact) mass is 723 g/mol. The van der Waals surface area contributed by atoms with Crippen molar-refractivity contribution in [3.8, 4) is 33.4 Å². The number of anilines is 3. The highest BCUT2D eigenvalue weighted by Gasteiger charge is 2.60. The Hall–Kier alpha value is -7.22. The summed E-state index contributed by atoms with van der Waals surface area (Å²) < 4.78 is 0. The molecule has 0 unspecified atom stereocenters. The fraction of sp³-hybridized carbons (Fsp3) is 0.0357. The molecule has 0 atom stereocenters. The molecular formula is C56H37N. The first-order valence-electron chi connectivity index (χ1n) is 20.0. The summed E-state index contributed by atoms with van der Waals surface area (Å²) in [6, 6.07) is 83.9. The lowest BCUT2D eigenvalue weighted by Crippen LogP contribution is -2.44. The second-order valence-electron chi connectivity index (χ2n) is 15.5. The van der Waals surface area contributed by atoms with Gasteiger partial charge >= 0.3 is 0 Å². The van der Waals surface area contributed by atoms with Crippen LogP contribution in [0.2, 0.25) is 0 Å². The Morgan fingerprint density at radius 1 is 0.246 bits per heavy atom. The van der Waals surface area contributed by atoms with Crippen molar-refractivity contribution < 1.29 is 0 Å². The topological polar surface area (TPSA) is 3.24 Å². The van der Waals surface area contributed by atoms with Crippen molar-refractivity contribution in [3.05, 3.63) is 269 Å². The summed E-state index contributed by atoms with van der Waals surface area (Å²) in [6.07, 6.45) is 0. The van der Waals surface area contributed by atoms with Crippen LogP contribution in [-0.4, -0.2) is 0 Å². The van der Waals surface area contributed by atoms with Gasteiger partial charge in [0.05, 0.1) is 22.2 Å². The van der Waals surface area contributed by atoms with E-state index in [-0.39, 0.29) is 0 Å². The Balaban J connectivity index is 1.31. The van der Waals surface area contributed by atoms with Gasteiger partial charge < -0.3 is 4.90 Å². The number of rotatable bonds is 4. The van der Waals surface area contributed by atoms with E-state index in [1.165, 1.54) is 83.6 Å². The van der Waals surface area contributed by atoms with E-state index in [4.69, 9.17) is 0 Å². The molecule has 266 valence electrons. The highest BCUT2D eigenvalue weighted by atomic mass is 15.1. The molecule has 9 aromatic carbocycles. The number of hydrogen-bond acceptors (Lipinski definition) is 1. The predicted octanol–water partition coefficient (Wildman–Crippen LogP) is 13.9. The number of fused-ring (bicyclic) bond motifs is 16. The fourth-order valence-electron chi connectivity index (χ4n) is 11.0. The van der Waals surface area contributed by atoms with Crippen LogP contribution in [0.1, 0.15) is 44.5 Å². The van der Waals surface area contributed by atoms with E-state index in [2.05, 4.69) is 229 Å². The number of benzene rings is 9. The van der Waals surface area contributed by atoms with Gasteiger partial charge in [-0.3, -0.25) is 0 Å². The van der Waals surface area contributed by atoms with Crippen LogP contribution in [0.3, 0.4) is 0 Å². The Labute approximate surface area is 333 Å². The maximum Gasteiger partial charge on any atom is 0.0740 e. The van der Waals surface area contributed by atoms with Crippen molar-refractivity contribution in [1.29, 1.82) is 0 Å². The van der Waals surface area contributed by atoms with E-state index in [0.717, 1.165) is 11.4 Å². The number of para-hydroxylation sites is 2. The Bertz CT molecular complexity index is 2940. The molecule has 1 heteroatoms. The zero-order valence-corrected chi connectivity index (χ0v) is 31.3. The van der Waals surface area contributed by atoms with E-state index < -0.39 is 10.8 Å². The molecule has 0 bridgehead atoms. The average molecular weight is 724 g/mol. The molecule has 0 radical (unpaired) electrons. The van der Waals surface area contributed by atoms with Crippen LogP contribution in [0.5, 0.6) is 0 Å². The van der Waals surface area contributed by atoms with Crippen LogP contribution in [-0.2, 0) is 10.8 Å². The maximum absolute atomic E-state index is 2.54. The quantitative estimate of drug-likeness (QED) is 0.175. The van der Waals surface area contributed by atoms with Crippen LogP contribution < -0.4 is 4.90 Å². The van der Waals surface area contributed by atoms with Gasteiger partial charge in [0.2, 0.25) is 0 Å². The smallest absolute Gasteiger partial charge is 0.0740 e. The molecule has 0 N–H and O–H groups in total. The van der Waals surface area contributed by atoms with E-state index in [1.807, 2.05) is 0 Å².